The van der Waals surface area contributed by atoms with Crippen molar-refractivity contribution in [2.45, 2.75) is 6.42 Å². The number of carbonyl (C=O) groups is 1. The molecule has 0 aromatic heterocycles. The molecule has 6 nitrogen and oxygen atoms in total. The Kier molecular flexibility index (Phi) is 4.52. The highest BCUT2D eigenvalue weighted by Crippen LogP contribution is 2.32. The second-order valence-electron chi connectivity index (χ2n) is 5.16. The Morgan fingerprint density at radius 3 is 2.57 bits per heavy atom. The fraction of sp³-hybridized carbons (Fsp3) is 0.235. The molecule has 0 spiro atoms. The number of amides is 2. The van der Waals surface area contributed by atoms with Crippen LogP contribution >= 0.6 is 0 Å². The molecular weight excluding hydrogens is 296 g/mol. The Morgan fingerprint density at radius 1 is 1.04 bits per heavy atom. The highest BCUT2D eigenvalue weighted by molar-refractivity contribution is 5.89. The van der Waals surface area contributed by atoms with Gasteiger partial charge in [0.25, 0.3) is 0 Å². The summed E-state index contributed by atoms with van der Waals surface area (Å²) in [6.45, 7) is 1.55. The molecule has 6 heteroatoms. The summed E-state index contributed by atoms with van der Waals surface area (Å²) >= 11 is 0. The van der Waals surface area contributed by atoms with Crippen LogP contribution in [-0.4, -0.2) is 30.9 Å². The molecular formula is C17H18N2O4. The Balaban J connectivity index is 1.48. The van der Waals surface area contributed by atoms with Gasteiger partial charge < -0.3 is 25.2 Å². The van der Waals surface area contributed by atoms with Crippen molar-refractivity contribution >= 4 is 11.7 Å². The summed E-state index contributed by atoms with van der Waals surface area (Å²) < 4.78 is 10.9. The van der Waals surface area contributed by atoms with E-state index in [-0.39, 0.29) is 11.8 Å². The van der Waals surface area contributed by atoms with E-state index in [0.29, 0.717) is 43.4 Å². The van der Waals surface area contributed by atoms with Crippen LogP contribution in [0, 0.1) is 0 Å². The average Bonchev–Trinajstić information content (AvgIpc) is 2.56. The van der Waals surface area contributed by atoms with Crippen molar-refractivity contribution < 1.29 is 19.4 Å². The van der Waals surface area contributed by atoms with Crippen molar-refractivity contribution in [3.63, 3.8) is 0 Å². The molecule has 2 aromatic carbocycles. The zero-order chi connectivity index (χ0) is 16.1. The number of hydrogen-bond donors (Lipinski definition) is 3. The lowest BCUT2D eigenvalue weighted by molar-refractivity contribution is 0.171. The molecule has 1 heterocycles. The largest absolute Gasteiger partial charge is 0.508 e. The van der Waals surface area contributed by atoms with Crippen LogP contribution in [0.3, 0.4) is 0 Å². The number of hydrogen-bond acceptors (Lipinski definition) is 4. The van der Waals surface area contributed by atoms with Crippen LogP contribution in [0.25, 0.3) is 0 Å². The monoisotopic (exact) mass is 314 g/mol. The highest BCUT2D eigenvalue weighted by atomic mass is 16.6. The van der Waals surface area contributed by atoms with Crippen LogP contribution in [0.15, 0.2) is 42.5 Å². The molecule has 0 unspecified atom stereocenters. The fourth-order valence-electron chi connectivity index (χ4n) is 2.28. The Bertz CT molecular complexity index is 685. The quantitative estimate of drug-likeness (QED) is 0.810. The van der Waals surface area contributed by atoms with Crippen molar-refractivity contribution in [2.75, 3.05) is 25.1 Å². The van der Waals surface area contributed by atoms with E-state index in [1.54, 1.807) is 30.3 Å². The summed E-state index contributed by atoms with van der Waals surface area (Å²) in [4.78, 5) is 11.9. The minimum atomic E-state index is -0.277. The van der Waals surface area contributed by atoms with E-state index in [2.05, 4.69) is 10.6 Å². The van der Waals surface area contributed by atoms with Crippen LogP contribution < -0.4 is 20.1 Å². The smallest absolute Gasteiger partial charge is 0.319 e. The number of ether oxygens (including phenoxy) is 2. The minimum Gasteiger partial charge on any atom is -0.508 e. The number of carbonyl (C=O) groups excluding carboxylic acids is 1. The zero-order valence-corrected chi connectivity index (χ0v) is 12.5. The van der Waals surface area contributed by atoms with E-state index in [0.717, 1.165) is 5.56 Å². The highest BCUT2D eigenvalue weighted by Gasteiger charge is 2.12. The molecule has 0 saturated carbocycles. The number of anilines is 1. The van der Waals surface area contributed by atoms with E-state index in [9.17, 15) is 9.90 Å². The van der Waals surface area contributed by atoms with E-state index in [4.69, 9.17) is 9.47 Å². The number of phenols is 1. The molecule has 2 aromatic rings. The van der Waals surface area contributed by atoms with Gasteiger partial charge in [0, 0.05) is 18.3 Å². The number of rotatable bonds is 4. The van der Waals surface area contributed by atoms with Gasteiger partial charge in [0.1, 0.15) is 19.0 Å². The molecule has 3 rings (SSSR count). The Labute approximate surface area is 134 Å². The van der Waals surface area contributed by atoms with Crippen molar-refractivity contribution in [3.05, 3.63) is 48.0 Å². The van der Waals surface area contributed by atoms with Crippen molar-refractivity contribution in [2.24, 2.45) is 0 Å². The van der Waals surface area contributed by atoms with Gasteiger partial charge in [0.05, 0.1) is 0 Å². The molecule has 23 heavy (non-hydrogen) atoms. The van der Waals surface area contributed by atoms with E-state index in [1.807, 2.05) is 12.1 Å². The predicted molar refractivity (Wildman–Crippen MR) is 86.3 cm³/mol. The SMILES string of the molecule is O=C(NCCc1ccc(O)cc1)Nc1ccc2c(c1)OCCO2. The molecule has 0 saturated heterocycles. The first-order valence-corrected chi connectivity index (χ1v) is 7.43. The van der Waals surface area contributed by atoms with Crippen LogP contribution in [0.4, 0.5) is 10.5 Å². The maximum atomic E-state index is 11.9. The molecule has 120 valence electrons. The number of phenolic OH excluding ortho intramolecular Hbond substituents is 1. The van der Waals surface area contributed by atoms with Crippen molar-refractivity contribution in [1.29, 1.82) is 0 Å². The maximum Gasteiger partial charge on any atom is 0.319 e. The lowest BCUT2D eigenvalue weighted by Crippen LogP contribution is -2.30. The molecule has 0 aliphatic carbocycles. The molecule has 1 aliphatic heterocycles. The zero-order valence-electron chi connectivity index (χ0n) is 12.5. The second-order valence-corrected chi connectivity index (χ2v) is 5.16. The van der Waals surface area contributed by atoms with Gasteiger partial charge in [-0.1, -0.05) is 12.1 Å². The lowest BCUT2D eigenvalue weighted by Gasteiger charge is -2.19. The van der Waals surface area contributed by atoms with Crippen LogP contribution in [0.5, 0.6) is 17.2 Å². The topological polar surface area (TPSA) is 79.8 Å². The van der Waals surface area contributed by atoms with E-state index in [1.165, 1.54) is 0 Å². The fourth-order valence-corrected chi connectivity index (χ4v) is 2.28. The standard InChI is InChI=1S/C17H18N2O4/c20-14-4-1-12(2-5-14)7-8-18-17(21)19-13-3-6-15-16(11-13)23-10-9-22-15/h1-6,11,20H,7-10H2,(H2,18,19,21). The van der Waals surface area contributed by atoms with Crippen molar-refractivity contribution in [3.8, 4) is 17.2 Å². The third kappa shape index (κ3) is 4.06. The van der Waals surface area contributed by atoms with Crippen LogP contribution in [-0.2, 0) is 6.42 Å². The van der Waals surface area contributed by atoms with Gasteiger partial charge in [0.2, 0.25) is 0 Å². The number of urea groups is 1. The number of aromatic hydroxyl groups is 1. The normalized spacial score (nSPS) is 12.5. The predicted octanol–water partition coefficient (Wildman–Crippen LogP) is 2.53. The van der Waals surface area contributed by atoms with Gasteiger partial charge in [-0.2, -0.15) is 0 Å². The third-order valence-corrected chi connectivity index (χ3v) is 3.44. The van der Waals surface area contributed by atoms with Gasteiger partial charge >= 0.3 is 6.03 Å². The summed E-state index contributed by atoms with van der Waals surface area (Å²) in [5.74, 6) is 1.56. The summed E-state index contributed by atoms with van der Waals surface area (Å²) in [6, 6.07) is 11.9. The second kappa shape index (κ2) is 6.91. The number of fused-ring (bicyclic) bond motifs is 1. The summed E-state index contributed by atoms with van der Waals surface area (Å²) in [6.07, 6.45) is 0.689. The molecule has 3 N–H and O–H groups in total. The van der Waals surface area contributed by atoms with E-state index >= 15 is 0 Å². The van der Waals surface area contributed by atoms with Gasteiger partial charge in [-0.25, -0.2) is 4.79 Å². The summed E-state index contributed by atoms with van der Waals surface area (Å²) in [5, 5.41) is 14.8. The van der Waals surface area contributed by atoms with Crippen molar-refractivity contribution in [1.82, 2.24) is 5.32 Å². The average molecular weight is 314 g/mol. The number of benzene rings is 2. The van der Waals surface area contributed by atoms with Gasteiger partial charge in [0.15, 0.2) is 11.5 Å². The summed E-state index contributed by atoms with van der Waals surface area (Å²) in [7, 11) is 0. The van der Waals surface area contributed by atoms with Gasteiger partial charge in [-0.05, 0) is 36.2 Å². The molecule has 2 amide bonds. The molecule has 1 aliphatic rings. The van der Waals surface area contributed by atoms with E-state index < -0.39 is 0 Å². The Hall–Kier alpha value is -2.89. The molecule has 0 radical (unpaired) electrons. The van der Waals surface area contributed by atoms with Crippen LogP contribution in [0.1, 0.15) is 5.56 Å². The maximum absolute atomic E-state index is 11.9. The van der Waals surface area contributed by atoms with Gasteiger partial charge in [-0.3, -0.25) is 0 Å². The first-order chi connectivity index (χ1) is 11.2. The van der Waals surface area contributed by atoms with Gasteiger partial charge in [-0.15, -0.1) is 0 Å². The minimum absolute atomic E-state index is 0.234. The first kappa shape index (κ1) is 15.0. The lowest BCUT2D eigenvalue weighted by atomic mass is 10.1. The third-order valence-electron chi connectivity index (χ3n) is 3.44. The Morgan fingerprint density at radius 2 is 1.78 bits per heavy atom. The summed E-state index contributed by atoms with van der Waals surface area (Å²) in [5.41, 5.74) is 1.69. The molecule has 0 atom stereocenters. The van der Waals surface area contributed by atoms with Crippen LogP contribution in [0.2, 0.25) is 0 Å². The molecule has 0 bridgehead atoms. The first-order valence-electron chi connectivity index (χ1n) is 7.43. The number of nitrogens with one attached hydrogen (secondary N) is 2. The molecule has 0 fully saturated rings.